The molecule has 1 aliphatic heterocycles. The summed E-state index contributed by atoms with van der Waals surface area (Å²) < 4.78 is 0. The number of benzene rings is 1. The molecule has 188 valence electrons. The molecule has 0 atom stereocenters. The van der Waals surface area contributed by atoms with Crippen LogP contribution in [0.5, 0.6) is 0 Å². The van der Waals surface area contributed by atoms with Crippen molar-refractivity contribution in [3.05, 3.63) is 59.6 Å². The number of carbonyl (C=O) groups excluding carboxylic acids is 1. The summed E-state index contributed by atoms with van der Waals surface area (Å²) in [5.41, 5.74) is 4.81. The lowest BCUT2D eigenvalue weighted by Crippen LogP contribution is -2.48. The molecule has 1 fully saturated rings. The number of fused-ring (bicyclic) bond motifs is 1. The highest BCUT2D eigenvalue weighted by atomic mass is 16.7. The smallest absolute Gasteiger partial charge is 0.330 e. The first-order valence-electron chi connectivity index (χ1n) is 12.3. The van der Waals surface area contributed by atoms with Gasteiger partial charge in [-0.3, -0.25) is 4.98 Å². The van der Waals surface area contributed by atoms with Gasteiger partial charge in [-0.1, -0.05) is 12.2 Å². The lowest BCUT2D eigenvalue weighted by atomic mass is 9.98. The number of pyridine rings is 1. The Morgan fingerprint density at radius 1 is 1.22 bits per heavy atom. The number of carbonyl (C=O) groups is 1. The first kappa shape index (κ1) is 25.4. The third-order valence-electron chi connectivity index (χ3n) is 6.42. The number of nitriles is 1. The number of hydroxylamine groups is 2. The molecule has 2 N–H and O–H groups in total. The summed E-state index contributed by atoms with van der Waals surface area (Å²) >= 11 is 0. The van der Waals surface area contributed by atoms with Crippen LogP contribution in [0.3, 0.4) is 0 Å². The number of hydrogen-bond donors (Lipinski definition) is 2. The molecule has 8 nitrogen and oxygen atoms in total. The lowest BCUT2D eigenvalue weighted by molar-refractivity contribution is -0.206. The number of H-pyrrole nitrogens is 1. The Hall–Kier alpha value is -3.67. The summed E-state index contributed by atoms with van der Waals surface area (Å²) in [4.78, 5) is 27.5. The minimum Gasteiger partial charge on any atom is -0.367 e. The van der Waals surface area contributed by atoms with Gasteiger partial charge in [0, 0.05) is 73.5 Å². The van der Waals surface area contributed by atoms with Gasteiger partial charge < -0.3 is 20.0 Å². The van der Waals surface area contributed by atoms with Crippen molar-refractivity contribution in [3.63, 3.8) is 0 Å². The van der Waals surface area contributed by atoms with Crippen molar-refractivity contribution < 1.29 is 9.63 Å². The van der Waals surface area contributed by atoms with E-state index in [1.165, 1.54) is 0 Å². The first-order chi connectivity index (χ1) is 17.3. The number of rotatable bonds is 7. The number of aryl methyl sites for hydroxylation is 1. The van der Waals surface area contributed by atoms with E-state index in [1.807, 2.05) is 45.2 Å². The van der Waals surface area contributed by atoms with Crippen molar-refractivity contribution in [2.75, 3.05) is 38.0 Å². The van der Waals surface area contributed by atoms with Gasteiger partial charge in [-0.15, -0.1) is 5.06 Å². The van der Waals surface area contributed by atoms with E-state index in [0.29, 0.717) is 18.7 Å². The number of hydrogen-bond acceptors (Lipinski definition) is 7. The summed E-state index contributed by atoms with van der Waals surface area (Å²) in [6.45, 7) is 11.7. The normalized spacial score (nSPS) is 15.3. The first-order valence-corrected chi connectivity index (χ1v) is 12.3. The highest BCUT2D eigenvalue weighted by Crippen LogP contribution is 2.30. The molecule has 1 saturated heterocycles. The molecule has 36 heavy (non-hydrogen) atoms. The number of anilines is 2. The number of nitrogens with zero attached hydrogens (tertiary/aromatic N) is 4. The number of aromatic nitrogens is 2. The van der Waals surface area contributed by atoms with E-state index in [-0.39, 0.29) is 5.97 Å². The van der Waals surface area contributed by atoms with Crippen molar-refractivity contribution in [2.45, 2.75) is 34.1 Å². The van der Waals surface area contributed by atoms with Crippen LogP contribution in [-0.4, -0.2) is 58.6 Å². The molecule has 3 heterocycles. The van der Waals surface area contributed by atoms with Crippen molar-refractivity contribution in [1.82, 2.24) is 19.9 Å². The molecule has 0 saturated carbocycles. The Morgan fingerprint density at radius 3 is 2.72 bits per heavy atom. The van der Waals surface area contributed by atoms with Gasteiger partial charge in [0.05, 0.1) is 16.7 Å². The third kappa shape index (κ3) is 5.93. The maximum Gasteiger partial charge on any atom is 0.330 e. The fourth-order valence-corrected chi connectivity index (χ4v) is 4.15. The van der Waals surface area contributed by atoms with Gasteiger partial charge in [0.15, 0.2) is 0 Å². The summed E-state index contributed by atoms with van der Waals surface area (Å²) in [5.74, 6) is -0.195. The Bertz CT molecular complexity index is 1290. The zero-order chi connectivity index (χ0) is 25.7. The van der Waals surface area contributed by atoms with E-state index in [0.717, 1.165) is 59.5 Å². The molecular formula is C28H34N6O2. The number of aromatic amines is 1. The van der Waals surface area contributed by atoms with Crippen molar-refractivity contribution in [3.8, 4) is 6.07 Å². The molecule has 1 aliphatic rings. The van der Waals surface area contributed by atoms with Crippen LogP contribution >= 0.6 is 0 Å². The quantitative estimate of drug-likeness (QED) is 0.484. The third-order valence-corrected chi connectivity index (χ3v) is 6.42. The van der Waals surface area contributed by atoms with E-state index in [9.17, 15) is 10.1 Å². The standard InChI is InChI=1S/C28H34N6O2/c1-20-23-10-11-31-25(23)9-8-24(20)32-26-21(18-30-19-22(26)17-29)7-5-6-12-33-13-15-34(16-14-33)36-27(35)28(2,3)4/h5,7-11,18-19,31H,6,12-16H2,1-4H3,(H,30,32)/b7-5+. The topological polar surface area (TPSA) is 97.3 Å². The van der Waals surface area contributed by atoms with Crippen LogP contribution in [0.1, 0.15) is 43.9 Å². The fourth-order valence-electron chi connectivity index (χ4n) is 4.15. The van der Waals surface area contributed by atoms with Crippen LogP contribution in [0.25, 0.3) is 17.0 Å². The molecule has 0 unspecified atom stereocenters. The van der Waals surface area contributed by atoms with Crippen LogP contribution < -0.4 is 5.32 Å². The second-order valence-electron chi connectivity index (χ2n) is 10.2. The zero-order valence-corrected chi connectivity index (χ0v) is 21.5. The van der Waals surface area contributed by atoms with Gasteiger partial charge in [0.25, 0.3) is 0 Å². The van der Waals surface area contributed by atoms with Crippen LogP contribution in [0.15, 0.2) is 42.9 Å². The molecule has 0 radical (unpaired) electrons. The zero-order valence-electron chi connectivity index (χ0n) is 21.5. The average Bonchev–Trinajstić information content (AvgIpc) is 3.34. The molecule has 0 amide bonds. The Labute approximate surface area is 212 Å². The van der Waals surface area contributed by atoms with Crippen LogP contribution in [0.2, 0.25) is 0 Å². The number of nitrogens with one attached hydrogen (secondary N) is 2. The van der Waals surface area contributed by atoms with Gasteiger partial charge in [0.2, 0.25) is 0 Å². The van der Waals surface area contributed by atoms with Crippen LogP contribution in [0, 0.1) is 23.7 Å². The van der Waals surface area contributed by atoms with Crippen LogP contribution in [-0.2, 0) is 9.63 Å². The Morgan fingerprint density at radius 2 is 2.00 bits per heavy atom. The second kappa shape index (κ2) is 10.9. The van der Waals surface area contributed by atoms with E-state index in [4.69, 9.17) is 4.84 Å². The summed E-state index contributed by atoms with van der Waals surface area (Å²) in [5, 5.41) is 16.1. The highest BCUT2D eigenvalue weighted by Gasteiger charge is 2.27. The molecule has 3 aromatic rings. The largest absolute Gasteiger partial charge is 0.367 e. The minimum absolute atomic E-state index is 0.195. The second-order valence-corrected chi connectivity index (χ2v) is 10.2. The molecule has 8 heteroatoms. The summed E-state index contributed by atoms with van der Waals surface area (Å²) in [7, 11) is 0. The van der Waals surface area contributed by atoms with Gasteiger partial charge in [-0.2, -0.15) is 5.26 Å². The fraction of sp³-hybridized carbons (Fsp3) is 0.393. The number of piperazine rings is 1. The molecule has 1 aromatic carbocycles. The molecule has 0 bridgehead atoms. The monoisotopic (exact) mass is 486 g/mol. The van der Waals surface area contributed by atoms with Gasteiger partial charge >= 0.3 is 5.97 Å². The van der Waals surface area contributed by atoms with Crippen molar-refractivity contribution >= 4 is 34.3 Å². The summed E-state index contributed by atoms with van der Waals surface area (Å²) in [6.07, 6.45) is 10.3. The van der Waals surface area contributed by atoms with Crippen LogP contribution in [0.4, 0.5) is 11.4 Å². The summed E-state index contributed by atoms with van der Waals surface area (Å²) in [6, 6.07) is 8.39. The lowest BCUT2D eigenvalue weighted by Gasteiger charge is -2.34. The average molecular weight is 487 g/mol. The van der Waals surface area contributed by atoms with Gasteiger partial charge in [-0.05, 0) is 57.9 Å². The molecular weight excluding hydrogens is 452 g/mol. The predicted molar refractivity (Wildman–Crippen MR) is 142 cm³/mol. The van der Waals surface area contributed by atoms with Crippen molar-refractivity contribution in [1.29, 1.82) is 5.26 Å². The van der Waals surface area contributed by atoms with E-state index < -0.39 is 5.41 Å². The Kier molecular flexibility index (Phi) is 7.73. The molecule has 0 spiro atoms. The molecule has 0 aliphatic carbocycles. The molecule has 2 aromatic heterocycles. The predicted octanol–water partition coefficient (Wildman–Crippen LogP) is 5.01. The molecule has 4 rings (SSSR count). The van der Waals surface area contributed by atoms with Gasteiger partial charge in [-0.25, -0.2) is 4.79 Å². The Balaban J connectivity index is 1.36. The minimum atomic E-state index is -0.499. The SMILES string of the molecule is Cc1c(Nc2c(C#N)cncc2/C=C/CCN2CCN(OC(=O)C(C)(C)C)CC2)ccc2[nH]ccc12. The van der Waals surface area contributed by atoms with Gasteiger partial charge in [0.1, 0.15) is 6.07 Å². The van der Waals surface area contributed by atoms with E-state index >= 15 is 0 Å². The maximum absolute atomic E-state index is 12.1. The van der Waals surface area contributed by atoms with Crippen molar-refractivity contribution in [2.24, 2.45) is 5.41 Å². The highest BCUT2D eigenvalue weighted by molar-refractivity contribution is 5.89. The van der Waals surface area contributed by atoms with E-state index in [1.54, 1.807) is 17.5 Å². The maximum atomic E-state index is 12.1. The van der Waals surface area contributed by atoms with E-state index in [2.05, 4.69) is 45.3 Å².